The molecule has 1 aromatic rings. The van der Waals surface area contributed by atoms with Crippen molar-refractivity contribution in [3.05, 3.63) is 24.0 Å². The Morgan fingerprint density at radius 2 is 2.14 bits per heavy atom. The Morgan fingerprint density at radius 3 is 2.71 bits per heavy atom. The van der Waals surface area contributed by atoms with E-state index in [1.807, 2.05) is 0 Å². The summed E-state index contributed by atoms with van der Waals surface area (Å²) in [7, 11) is 1.66. The van der Waals surface area contributed by atoms with Gasteiger partial charge in [-0.15, -0.1) is 13.2 Å². The minimum Gasteiger partial charge on any atom is -0.400 e. The van der Waals surface area contributed by atoms with Crippen LogP contribution in [0.5, 0.6) is 5.75 Å². The van der Waals surface area contributed by atoms with E-state index in [0.717, 1.165) is 6.07 Å². The number of para-hydroxylation sites is 1. The van der Waals surface area contributed by atoms with Gasteiger partial charge in [-0.25, -0.2) is 4.39 Å². The van der Waals surface area contributed by atoms with Gasteiger partial charge in [-0.2, -0.15) is 0 Å². The zero-order valence-corrected chi connectivity index (χ0v) is 11.2. The molecule has 1 amide bonds. The van der Waals surface area contributed by atoms with Crippen LogP contribution in [0, 0.1) is 11.7 Å². The maximum Gasteiger partial charge on any atom is 0.573 e. The SMILES string of the molecule is CN1CC[C@@H](CNc2cccc(F)c2OC(F)(F)F)C1=O. The van der Waals surface area contributed by atoms with Gasteiger partial charge in [-0.05, 0) is 18.6 Å². The topological polar surface area (TPSA) is 41.6 Å². The van der Waals surface area contributed by atoms with Crippen molar-refractivity contribution in [2.45, 2.75) is 12.8 Å². The fourth-order valence-electron chi connectivity index (χ4n) is 2.18. The second-order valence-corrected chi connectivity index (χ2v) is 4.79. The van der Waals surface area contributed by atoms with E-state index in [-0.39, 0.29) is 24.1 Å². The van der Waals surface area contributed by atoms with E-state index >= 15 is 0 Å². The lowest BCUT2D eigenvalue weighted by Gasteiger charge is -2.17. The van der Waals surface area contributed by atoms with Gasteiger partial charge in [-0.3, -0.25) is 4.79 Å². The van der Waals surface area contributed by atoms with E-state index in [1.54, 1.807) is 11.9 Å². The lowest BCUT2D eigenvalue weighted by molar-refractivity contribution is -0.275. The van der Waals surface area contributed by atoms with Gasteiger partial charge in [0.2, 0.25) is 5.91 Å². The third-order valence-electron chi connectivity index (χ3n) is 3.26. The van der Waals surface area contributed by atoms with E-state index in [4.69, 9.17) is 0 Å². The van der Waals surface area contributed by atoms with Crippen molar-refractivity contribution in [3.8, 4) is 5.75 Å². The summed E-state index contributed by atoms with van der Waals surface area (Å²) in [4.78, 5) is 13.3. The molecule has 0 saturated carbocycles. The molecule has 2 rings (SSSR count). The molecule has 1 atom stereocenters. The molecular weight excluding hydrogens is 292 g/mol. The molecule has 0 unspecified atom stereocenters. The van der Waals surface area contributed by atoms with Crippen LogP contribution in [-0.2, 0) is 4.79 Å². The summed E-state index contributed by atoms with van der Waals surface area (Å²) in [5, 5.41) is 2.66. The highest BCUT2D eigenvalue weighted by molar-refractivity contribution is 5.81. The maximum atomic E-state index is 13.5. The van der Waals surface area contributed by atoms with E-state index in [2.05, 4.69) is 10.1 Å². The molecule has 4 nitrogen and oxygen atoms in total. The lowest BCUT2D eigenvalue weighted by Crippen LogP contribution is -2.27. The number of likely N-dealkylation sites (tertiary alicyclic amines) is 1. The minimum absolute atomic E-state index is 0.0859. The largest absolute Gasteiger partial charge is 0.573 e. The number of nitrogens with zero attached hydrogens (tertiary/aromatic N) is 1. The number of halogens is 4. The van der Waals surface area contributed by atoms with Crippen molar-refractivity contribution in [1.29, 1.82) is 0 Å². The van der Waals surface area contributed by atoms with Crippen LogP contribution >= 0.6 is 0 Å². The van der Waals surface area contributed by atoms with Gasteiger partial charge in [-0.1, -0.05) is 6.07 Å². The summed E-state index contributed by atoms with van der Waals surface area (Å²) < 4.78 is 54.0. The quantitative estimate of drug-likeness (QED) is 0.870. The van der Waals surface area contributed by atoms with Crippen LogP contribution in [0.1, 0.15) is 6.42 Å². The standard InChI is InChI=1S/C13H14F4N2O2/c1-19-6-5-8(12(19)20)7-18-10-4-2-3-9(14)11(10)21-13(15,16)17/h2-4,8,18H,5-7H2,1H3/t8-/m0/s1. The minimum atomic E-state index is -4.98. The zero-order chi connectivity index (χ0) is 15.6. The molecule has 0 spiro atoms. The number of alkyl halides is 3. The van der Waals surface area contributed by atoms with Crippen molar-refractivity contribution >= 4 is 11.6 Å². The van der Waals surface area contributed by atoms with E-state index in [9.17, 15) is 22.4 Å². The van der Waals surface area contributed by atoms with Crippen LogP contribution in [-0.4, -0.2) is 37.3 Å². The number of carbonyl (C=O) groups excluding carboxylic acids is 1. The van der Waals surface area contributed by atoms with Crippen molar-refractivity contribution in [2.75, 3.05) is 25.5 Å². The van der Waals surface area contributed by atoms with Gasteiger partial charge in [0, 0.05) is 20.1 Å². The Kier molecular flexibility index (Phi) is 4.24. The number of hydrogen-bond acceptors (Lipinski definition) is 3. The van der Waals surface area contributed by atoms with Gasteiger partial charge >= 0.3 is 6.36 Å². The Bertz CT molecular complexity index is 533. The first-order valence-electron chi connectivity index (χ1n) is 6.31. The Labute approximate surface area is 118 Å². The summed E-state index contributed by atoms with van der Waals surface area (Å²) >= 11 is 0. The lowest BCUT2D eigenvalue weighted by atomic mass is 10.1. The Morgan fingerprint density at radius 1 is 1.43 bits per heavy atom. The van der Waals surface area contributed by atoms with E-state index < -0.39 is 17.9 Å². The highest BCUT2D eigenvalue weighted by atomic mass is 19.4. The third-order valence-corrected chi connectivity index (χ3v) is 3.26. The van der Waals surface area contributed by atoms with Crippen LogP contribution in [0.4, 0.5) is 23.2 Å². The first-order chi connectivity index (χ1) is 9.78. The van der Waals surface area contributed by atoms with Crippen molar-refractivity contribution in [2.24, 2.45) is 5.92 Å². The van der Waals surface area contributed by atoms with Crippen molar-refractivity contribution in [3.63, 3.8) is 0 Å². The molecule has 1 aromatic carbocycles. The first-order valence-corrected chi connectivity index (χ1v) is 6.31. The maximum absolute atomic E-state index is 13.5. The molecule has 1 N–H and O–H groups in total. The van der Waals surface area contributed by atoms with Gasteiger partial charge in [0.15, 0.2) is 11.6 Å². The molecule has 1 heterocycles. The molecular formula is C13H14F4N2O2. The van der Waals surface area contributed by atoms with Crippen molar-refractivity contribution in [1.82, 2.24) is 4.90 Å². The number of rotatable bonds is 4. The Hall–Kier alpha value is -1.99. The van der Waals surface area contributed by atoms with Crippen LogP contribution in [0.3, 0.4) is 0 Å². The zero-order valence-electron chi connectivity index (χ0n) is 11.2. The van der Waals surface area contributed by atoms with Gasteiger partial charge < -0.3 is 15.0 Å². The molecule has 1 aliphatic rings. The average molecular weight is 306 g/mol. The second-order valence-electron chi connectivity index (χ2n) is 4.79. The number of amides is 1. The summed E-state index contributed by atoms with van der Waals surface area (Å²) in [6, 6.07) is 3.41. The molecule has 0 aliphatic carbocycles. The Balaban J connectivity index is 2.09. The number of carbonyl (C=O) groups is 1. The van der Waals surface area contributed by atoms with Gasteiger partial charge in [0.25, 0.3) is 0 Å². The number of benzene rings is 1. The van der Waals surface area contributed by atoms with Gasteiger partial charge in [0.05, 0.1) is 11.6 Å². The summed E-state index contributed by atoms with van der Waals surface area (Å²) in [5.41, 5.74) is -0.130. The predicted molar refractivity (Wildman–Crippen MR) is 67.3 cm³/mol. The third kappa shape index (κ3) is 3.77. The highest BCUT2D eigenvalue weighted by Crippen LogP contribution is 2.33. The molecule has 0 aromatic heterocycles. The summed E-state index contributed by atoms with van der Waals surface area (Å²) in [5.74, 6) is -2.45. The molecule has 1 fully saturated rings. The van der Waals surface area contributed by atoms with Crippen LogP contribution in [0.2, 0.25) is 0 Å². The number of ether oxygens (including phenoxy) is 1. The molecule has 1 saturated heterocycles. The van der Waals surface area contributed by atoms with Crippen LogP contribution < -0.4 is 10.1 Å². The van der Waals surface area contributed by atoms with E-state index in [0.29, 0.717) is 13.0 Å². The molecule has 8 heteroatoms. The summed E-state index contributed by atoms with van der Waals surface area (Å²) in [6.45, 7) is 0.723. The fourth-order valence-corrected chi connectivity index (χ4v) is 2.18. The molecule has 21 heavy (non-hydrogen) atoms. The molecule has 116 valence electrons. The second kappa shape index (κ2) is 5.79. The molecule has 0 bridgehead atoms. The number of nitrogens with one attached hydrogen (secondary N) is 1. The molecule has 1 aliphatic heterocycles. The fraction of sp³-hybridized carbons (Fsp3) is 0.462. The van der Waals surface area contributed by atoms with Crippen LogP contribution in [0.25, 0.3) is 0 Å². The van der Waals surface area contributed by atoms with Crippen molar-refractivity contribution < 1.29 is 27.1 Å². The molecule has 0 radical (unpaired) electrons. The van der Waals surface area contributed by atoms with Crippen LogP contribution in [0.15, 0.2) is 18.2 Å². The highest BCUT2D eigenvalue weighted by Gasteiger charge is 2.34. The number of hydrogen-bond donors (Lipinski definition) is 1. The summed E-state index contributed by atoms with van der Waals surface area (Å²) in [6.07, 6.45) is -4.38. The average Bonchev–Trinajstić information content (AvgIpc) is 2.70. The number of anilines is 1. The van der Waals surface area contributed by atoms with Gasteiger partial charge in [0.1, 0.15) is 0 Å². The smallest absolute Gasteiger partial charge is 0.400 e. The monoisotopic (exact) mass is 306 g/mol. The normalized spacial score (nSPS) is 19.0. The first kappa shape index (κ1) is 15.4. The predicted octanol–water partition coefficient (Wildman–Crippen LogP) is 2.61. The van der Waals surface area contributed by atoms with E-state index in [1.165, 1.54) is 12.1 Å².